The highest BCUT2D eigenvalue weighted by molar-refractivity contribution is 6.02. The number of benzene rings is 1. The Morgan fingerprint density at radius 2 is 1.93 bits per heavy atom. The van der Waals surface area contributed by atoms with Gasteiger partial charge >= 0.3 is 0 Å². The smallest absolute Gasteiger partial charge is 0.291 e. The molecule has 0 unspecified atom stereocenters. The second kappa shape index (κ2) is 10.4. The average Bonchev–Trinajstić information content (AvgIpc) is 3.26. The SMILES string of the molecule is CC(C)[C@@H]1CC[C@@H](C)C[C@H]1OCC(=O)NCc1ccc(NC(=O)c2ccco2)cc1. The van der Waals surface area contributed by atoms with E-state index >= 15 is 0 Å². The number of carbonyl (C=O) groups is 2. The number of furan rings is 1. The van der Waals surface area contributed by atoms with Gasteiger partial charge in [-0.05, 0) is 60.4 Å². The van der Waals surface area contributed by atoms with E-state index in [2.05, 4.69) is 31.4 Å². The lowest BCUT2D eigenvalue weighted by Gasteiger charge is -2.37. The Hall–Kier alpha value is -2.60. The van der Waals surface area contributed by atoms with Gasteiger partial charge in [0, 0.05) is 12.2 Å². The third-order valence-corrected chi connectivity index (χ3v) is 5.84. The maximum atomic E-state index is 12.3. The van der Waals surface area contributed by atoms with E-state index in [0.717, 1.165) is 12.0 Å². The Balaban J connectivity index is 1.42. The molecule has 3 rings (SSSR count). The summed E-state index contributed by atoms with van der Waals surface area (Å²) in [7, 11) is 0. The van der Waals surface area contributed by atoms with Crippen molar-refractivity contribution < 1.29 is 18.7 Å². The molecule has 6 heteroatoms. The number of ether oxygens (including phenoxy) is 1. The summed E-state index contributed by atoms with van der Waals surface area (Å²) in [4.78, 5) is 24.2. The molecule has 1 aliphatic carbocycles. The Bertz CT molecular complexity index is 814. The highest BCUT2D eigenvalue weighted by Crippen LogP contribution is 2.35. The summed E-state index contributed by atoms with van der Waals surface area (Å²) in [5.41, 5.74) is 1.62. The molecular weight excluding hydrogens is 380 g/mol. The van der Waals surface area contributed by atoms with Gasteiger partial charge in [0.1, 0.15) is 6.61 Å². The lowest BCUT2D eigenvalue weighted by molar-refractivity contribution is -0.131. The Morgan fingerprint density at radius 1 is 1.17 bits per heavy atom. The lowest BCUT2D eigenvalue weighted by atomic mass is 9.75. The van der Waals surface area contributed by atoms with Crippen LogP contribution in [-0.4, -0.2) is 24.5 Å². The standard InChI is InChI=1S/C24H32N2O4/c1-16(2)20-11-6-17(3)13-22(20)30-15-23(27)25-14-18-7-9-19(10-8-18)26-24(28)21-5-4-12-29-21/h4-5,7-10,12,16-17,20,22H,6,11,13-15H2,1-3H3,(H,25,27)(H,26,28)/t17-,20+,22-/m1/s1. The zero-order valence-corrected chi connectivity index (χ0v) is 18.0. The quantitative estimate of drug-likeness (QED) is 0.663. The van der Waals surface area contributed by atoms with Crippen LogP contribution in [0.25, 0.3) is 0 Å². The average molecular weight is 413 g/mol. The van der Waals surface area contributed by atoms with Crippen molar-refractivity contribution in [1.82, 2.24) is 5.32 Å². The van der Waals surface area contributed by atoms with E-state index in [0.29, 0.717) is 30.0 Å². The van der Waals surface area contributed by atoms with Crippen LogP contribution in [0.15, 0.2) is 47.1 Å². The molecule has 1 heterocycles. The molecule has 1 fully saturated rings. The molecule has 0 radical (unpaired) electrons. The molecule has 6 nitrogen and oxygen atoms in total. The van der Waals surface area contributed by atoms with Gasteiger partial charge in [-0.1, -0.05) is 39.3 Å². The van der Waals surface area contributed by atoms with Crippen molar-refractivity contribution in [2.24, 2.45) is 17.8 Å². The van der Waals surface area contributed by atoms with Gasteiger partial charge < -0.3 is 19.8 Å². The molecule has 1 aromatic carbocycles. The highest BCUT2D eigenvalue weighted by Gasteiger charge is 2.31. The third-order valence-electron chi connectivity index (χ3n) is 5.84. The molecule has 0 aliphatic heterocycles. The summed E-state index contributed by atoms with van der Waals surface area (Å²) in [5.74, 6) is 1.61. The minimum Gasteiger partial charge on any atom is -0.459 e. The van der Waals surface area contributed by atoms with Crippen LogP contribution in [0.4, 0.5) is 5.69 Å². The molecule has 162 valence electrons. The third kappa shape index (κ3) is 6.20. The summed E-state index contributed by atoms with van der Waals surface area (Å²) in [5, 5.41) is 5.68. The number of nitrogens with one attached hydrogen (secondary N) is 2. The van der Waals surface area contributed by atoms with E-state index in [4.69, 9.17) is 9.15 Å². The van der Waals surface area contributed by atoms with Crippen LogP contribution in [-0.2, 0) is 16.1 Å². The van der Waals surface area contributed by atoms with Crippen LogP contribution >= 0.6 is 0 Å². The van der Waals surface area contributed by atoms with Crippen molar-refractivity contribution in [2.45, 2.75) is 52.7 Å². The molecule has 3 atom stereocenters. The molecule has 0 spiro atoms. The van der Waals surface area contributed by atoms with Crippen LogP contribution in [0, 0.1) is 17.8 Å². The van der Waals surface area contributed by atoms with E-state index < -0.39 is 0 Å². The molecule has 1 aliphatic rings. The largest absolute Gasteiger partial charge is 0.459 e. The van der Waals surface area contributed by atoms with Gasteiger partial charge in [-0.15, -0.1) is 0 Å². The van der Waals surface area contributed by atoms with Gasteiger partial charge in [-0.3, -0.25) is 9.59 Å². The minimum atomic E-state index is -0.296. The predicted octanol–water partition coefficient (Wildman–Crippen LogP) is 4.63. The number of hydrogen-bond donors (Lipinski definition) is 2. The van der Waals surface area contributed by atoms with E-state index in [9.17, 15) is 9.59 Å². The predicted molar refractivity (Wildman–Crippen MR) is 116 cm³/mol. The van der Waals surface area contributed by atoms with Crippen LogP contribution < -0.4 is 10.6 Å². The first-order valence-corrected chi connectivity index (χ1v) is 10.7. The highest BCUT2D eigenvalue weighted by atomic mass is 16.5. The summed E-state index contributed by atoms with van der Waals surface area (Å²) < 4.78 is 11.1. The maximum Gasteiger partial charge on any atom is 0.291 e. The molecule has 30 heavy (non-hydrogen) atoms. The summed E-state index contributed by atoms with van der Waals surface area (Å²) in [6.07, 6.45) is 5.07. The van der Waals surface area contributed by atoms with Crippen molar-refractivity contribution >= 4 is 17.5 Å². The first kappa shape index (κ1) is 22.1. The molecule has 2 N–H and O–H groups in total. The Kier molecular flexibility index (Phi) is 7.69. The van der Waals surface area contributed by atoms with E-state index in [1.807, 2.05) is 12.1 Å². The fraction of sp³-hybridized carbons (Fsp3) is 0.500. The van der Waals surface area contributed by atoms with Crippen LogP contribution in [0.5, 0.6) is 0 Å². The molecule has 2 amide bonds. The second-order valence-corrected chi connectivity index (χ2v) is 8.58. The van der Waals surface area contributed by atoms with Gasteiger partial charge in [0.25, 0.3) is 5.91 Å². The van der Waals surface area contributed by atoms with Gasteiger partial charge in [0.05, 0.1) is 12.4 Å². The zero-order chi connectivity index (χ0) is 21.5. The number of amides is 2. The normalized spacial score (nSPS) is 21.4. The number of anilines is 1. The molecule has 1 aromatic heterocycles. The van der Waals surface area contributed by atoms with Crippen LogP contribution in [0.1, 0.15) is 56.2 Å². The van der Waals surface area contributed by atoms with E-state index in [1.165, 1.54) is 19.1 Å². The number of carbonyl (C=O) groups excluding carboxylic acids is 2. The fourth-order valence-electron chi connectivity index (χ4n) is 4.05. The monoisotopic (exact) mass is 412 g/mol. The van der Waals surface area contributed by atoms with E-state index in [1.54, 1.807) is 24.3 Å². The van der Waals surface area contributed by atoms with Gasteiger partial charge in [-0.25, -0.2) is 0 Å². The molecule has 2 aromatic rings. The van der Waals surface area contributed by atoms with Crippen molar-refractivity contribution in [1.29, 1.82) is 0 Å². The zero-order valence-electron chi connectivity index (χ0n) is 18.0. The summed E-state index contributed by atoms with van der Waals surface area (Å²) in [6.45, 7) is 7.24. The molecule has 0 saturated heterocycles. The maximum absolute atomic E-state index is 12.3. The van der Waals surface area contributed by atoms with Crippen molar-refractivity contribution in [2.75, 3.05) is 11.9 Å². The van der Waals surface area contributed by atoms with Crippen LogP contribution in [0.3, 0.4) is 0 Å². The first-order chi connectivity index (χ1) is 14.4. The molecule has 1 saturated carbocycles. The van der Waals surface area contributed by atoms with Crippen LogP contribution in [0.2, 0.25) is 0 Å². The van der Waals surface area contributed by atoms with E-state index in [-0.39, 0.29) is 30.3 Å². The summed E-state index contributed by atoms with van der Waals surface area (Å²) >= 11 is 0. The van der Waals surface area contributed by atoms with Gasteiger partial charge in [0.2, 0.25) is 5.91 Å². The minimum absolute atomic E-state index is 0.0951. The molecular formula is C24H32N2O4. The van der Waals surface area contributed by atoms with Crippen molar-refractivity contribution in [3.8, 4) is 0 Å². The summed E-state index contributed by atoms with van der Waals surface area (Å²) in [6, 6.07) is 10.6. The van der Waals surface area contributed by atoms with Gasteiger partial charge in [0.15, 0.2) is 5.76 Å². The number of hydrogen-bond acceptors (Lipinski definition) is 4. The van der Waals surface area contributed by atoms with Gasteiger partial charge in [-0.2, -0.15) is 0 Å². The molecule has 0 bridgehead atoms. The Morgan fingerprint density at radius 3 is 2.60 bits per heavy atom. The van der Waals surface area contributed by atoms with Crippen molar-refractivity contribution in [3.63, 3.8) is 0 Å². The topological polar surface area (TPSA) is 80.6 Å². The van der Waals surface area contributed by atoms with Crippen molar-refractivity contribution in [3.05, 3.63) is 54.0 Å². The Labute approximate surface area is 178 Å². The number of rotatable bonds is 8. The fourth-order valence-corrected chi connectivity index (χ4v) is 4.05. The lowest BCUT2D eigenvalue weighted by Crippen LogP contribution is -2.37. The first-order valence-electron chi connectivity index (χ1n) is 10.7. The second-order valence-electron chi connectivity index (χ2n) is 8.58.